The predicted molar refractivity (Wildman–Crippen MR) is 66.4 cm³/mol. The van der Waals surface area contributed by atoms with Crippen LogP contribution < -0.4 is 11.3 Å². The summed E-state index contributed by atoms with van der Waals surface area (Å²) < 4.78 is 0. The summed E-state index contributed by atoms with van der Waals surface area (Å²) in [6.45, 7) is 3.99. The molecule has 0 spiro atoms. The molecule has 0 amide bonds. The Morgan fingerprint density at radius 1 is 1.12 bits per heavy atom. The number of rotatable bonds is 1. The van der Waals surface area contributed by atoms with Gasteiger partial charge in [-0.2, -0.15) is 0 Å². The van der Waals surface area contributed by atoms with Gasteiger partial charge in [0.1, 0.15) is 0 Å². The molecule has 0 fully saturated rings. The summed E-state index contributed by atoms with van der Waals surface area (Å²) in [5.41, 5.74) is 9.90. The molecule has 0 aliphatic rings. The lowest BCUT2D eigenvalue weighted by molar-refractivity contribution is 1.24. The molecule has 82 valence electrons. The molecule has 1 aromatic heterocycles. The van der Waals surface area contributed by atoms with Crippen LogP contribution in [0.15, 0.2) is 35.3 Å². The predicted octanol–water partition coefficient (Wildman–Crippen LogP) is 2.24. The van der Waals surface area contributed by atoms with Crippen LogP contribution in [0.25, 0.3) is 11.1 Å². The Morgan fingerprint density at radius 3 is 2.62 bits per heavy atom. The Hall–Kier alpha value is -2.03. The standard InChI is InChI=1S/C13H14N2O/c1-8-3-4-9(2)11(5-8)12-6-10(14)7-15-13(12)16/h3-7H,14H2,1-2H3,(H,15,16). The van der Waals surface area contributed by atoms with Gasteiger partial charge in [-0.3, -0.25) is 4.79 Å². The molecule has 3 heteroatoms. The highest BCUT2D eigenvalue weighted by molar-refractivity contribution is 5.69. The highest BCUT2D eigenvalue weighted by Gasteiger charge is 2.06. The third kappa shape index (κ3) is 1.84. The van der Waals surface area contributed by atoms with Crippen molar-refractivity contribution in [3.8, 4) is 11.1 Å². The molecule has 1 aromatic carbocycles. The van der Waals surface area contributed by atoms with Gasteiger partial charge in [0, 0.05) is 17.4 Å². The molecule has 0 aliphatic heterocycles. The molecule has 3 N–H and O–H groups in total. The lowest BCUT2D eigenvalue weighted by atomic mass is 9.99. The number of hydrogen-bond donors (Lipinski definition) is 2. The first-order valence-corrected chi connectivity index (χ1v) is 5.14. The second-order valence-corrected chi connectivity index (χ2v) is 3.99. The van der Waals surface area contributed by atoms with Crippen molar-refractivity contribution in [2.24, 2.45) is 0 Å². The third-order valence-corrected chi connectivity index (χ3v) is 2.61. The van der Waals surface area contributed by atoms with Crippen molar-refractivity contribution in [2.75, 3.05) is 5.73 Å². The van der Waals surface area contributed by atoms with Gasteiger partial charge in [0.15, 0.2) is 0 Å². The molecule has 3 nitrogen and oxygen atoms in total. The Morgan fingerprint density at radius 2 is 1.88 bits per heavy atom. The summed E-state index contributed by atoms with van der Waals surface area (Å²) in [7, 11) is 0. The van der Waals surface area contributed by atoms with Crippen molar-refractivity contribution in [3.63, 3.8) is 0 Å². The number of H-pyrrole nitrogens is 1. The molecular weight excluding hydrogens is 200 g/mol. The zero-order valence-corrected chi connectivity index (χ0v) is 9.37. The maximum atomic E-state index is 11.7. The summed E-state index contributed by atoms with van der Waals surface area (Å²) in [4.78, 5) is 14.4. The van der Waals surface area contributed by atoms with Crippen LogP contribution in [-0.4, -0.2) is 4.98 Å². The topological polar surface area (TPSA) is 58.9 Å². The van der Waals surface area contributed by atoms with E-state index in [1.165, 1.54) is 6.20 Å². The SMILES string of the molecule is Cc1ccc(C)c(-c2cc(N)c[nH]c2=O)c1. The molecule has 0 radical (unpaired) electrons. The summed E-state index contributed by atoms with van der Waals surface area (Å²) >= 11 is 0. The first-order valence-electron chi connectivity index (χ1n) is 5.14. The van der Waals surface area contributed by atoms with Gasteiger partial charge in [0.25, 0.3) is 5.56 Å². The summed E-state index contributed by atoms with van der Waals surface area (Å²) in [6, 6.07) is 7.74. The Balaban J connectivity index is 2.71. The van der Waals surface area contributed by atoms with E-state index < -0.39 is 0 Å². The minimum Gasteiger partial charge on any atom is -0.398 e. The highest BCUT2D eigenvalue weighted by atomic mass is 16.1. The first-order chi connectivity index (χ1) is 7.58. The van der Waals surface area contributed by atoms with Gasteiger partial charge in [-0.1, -0.05) is 23.8 Å². The highest BCUT2D eigenvalue weighted by Crippen LogP contribution is 2.22. The fourth-order valence-corrected chi connectivity index (χ4v) is 1.73. The molecule has 0 unspecified atom stereocenters. The van der Waals surface area contributed by atoms with Gasteiger partial charge in [-0.05, 0) is 31.0 Å². The van der Waals surface area contributed by atoms with E-state index in [-0.39, 0.29) is 5.56 Å². The van der Waals surface area contributed by atoms with Gasteiger partial charge in [0.2, 0.25) is 0 Å². The fraction of sp³-hybridized carbons (Fsp3) is 0.154. The molecule has 0 aliphatic carbocycles. The van der Waals surface area contributed by atoms with Crippen LogP contribution in [0.3, 0.4) is 0 Å². The second-order valence-electron chi connectivity index (χ2n) is 3.99. The molecule has 2 aromatic rings. The Bertz CT molecular complexity index is 585. The lowest BCUT2D eigenvalue weighted by Gasteiger charge is -2.07. The maximum Gasteiger partial charge on any atom is 0.255 e. The van der Waals surface area contributed by atoms with Crippen molar-refractivity contribution in [2.45, 2.75) is 13.8 Å². The summed E-state index contributed by atoms with van der Waals surface area (Å²) in [5, 5.41) is 0. The van der Waals surface area contributed by atoms with E-state index in [0.717, 1.165) is 16.7 Å². The van der Waals surface area contributed by atoms with Gasteiger partial charge in [-0.25, -0.2) is 0 Å². The number of aromatic amines is 1. The zero-order chi connectivity index (χ0) is 11.7. The average molecular weight is 214 g/mol. The molecular formula is C13H14N2O. The smallest absolute Gasteiger partial charge is 0.255 e. The second kappa shape index (κ2) is 3.85. The Kier molecular flexibility index (Phi) is 2.52. The molecule has 1 heterocycles. The fourth-order valence-electron chi connectivity index (χ4n) is 1.73. The number of pyridine rings is 1. The van der Waals surface area contributed by atoms with Crippen LogP contribution in [0.2, 0.25) is 0 Å². The van der Waals surface area contributed by atoms with Gasteiger partial charge >= 0.3 is 0 Å². The number of nitrogens with one attached hydrogen (secondary N) is 1. The van der Waals surface area contributed by atoms with E-state index >= 15 is 0 Å². The number of nitrogens with two attached hydrogens (primary N) is 1. The molecule has 0 saturated carbocycles. The minimum atomic E-state index is -0.108. The molecule has 0 atom stereocenters. The van der Waals surface area contributed by atoms with E-state index in [1.54, 1.807) is 6.07 Å². The molecule has 16 heavy (non-hydrogen) atoms. The maximum absolute atomic E-state index is 11.7. The number of aryl methyl sites for hydroxylation is 2. The first kappa shape index (κ1) is 10.5. The number of aromatic nitrogens is 1. The van der Waals surface area contributed by atoms with E-state index in [9.17, 15) is 4.79 Å². The number of benzene rings is 1. The number of nitrogen functional groups attached to an aromatic ring is 1. The van der Waals surface area contributed by atoms with Crippen LogP contribution in [-0.2, 0) is 0 Å². The molecule has 0 saturated heterocycles. The lowest BCUT2D eigenvalue weighted by Crippen LogP contribution is -2.09. The van der Waals surface area contributed by atoms with Gasteiger partial charge in [0.05, 0.1) is 0 Å². The average Bonchev–Trinajstić information content (AvgIpc) is 2.25. The number of anilines is 1. The van der Waals surface area contributed by atoms with E-state index in [0.29, 0.717) is 11.3 Å². The third-order valence-electron chi connectivity index (χ3n) is 2.61. The van der Waals surface area contributed by atoms with Crippen LogP contribution in [0.1, 0.15) is 11.1 Å². The van der Waals surface area contributed by atoms with Crippen molar-refractivity contribution in [3.05, 3.63) is 51.9 Å². The summed E-state index contributed by atoms with van der Waals surface area (Å²) in [5.74, 6) is 0. The van der Waals surface area contributed by atoms with Crippen molar-refractivity contribution in [1.29, 1.82) is 0 Å². The van der Waals surface area contributed by atoms with Gasteiger partial charge in [-0.15, -0.1) is 0 Å². The van der Waals surface area contributed by atoms with Crippen LogP contribution >= 0.6 is 0 Å². The van der Waals surface area contributed by atoms with E-state index in [2.05, 4.69) is 4.98 Å². The van der Waals surface area contributed by atoms with Crippen molar-refractivity contribution < 1.29 is 0 Å². The largest absolute Gasteiger partial charge is 0.398 e. The zero-order valence-electron chi connectivity index (χ0n) is 9.37. The van der Waals surface area contributed by atoms with Crippen LogP contribution in [0, 0.1) is 13.8 Å². The van der Waals surface area contributed by atoms with E-state index in [1.807, 2.05) is 32.0 Å². The van der Waals surface area contributed by atoms with Gasteiger partial charge < -0.3 is 10.7 Å². The van der Waals surface area contributed by atoms with Crippen LogP contribution in [0.4, 0.5) is 5.69 Å². The van der Waals surface area contributed by atoms with E-state index in [4.69, 9.17) is 5.73 Å². The minimum absolute atomic E-state index is 0.108. The number of hydrogen-bond acceptors (Lipinski definition) is 2. The molecule has 2 rings (SSSR count). The molecule has 0 bridgehead atoms. The van der Waals surface area contributed by atoms with Crippen LogP contribution in [0.5, 0.6) is 0 Å². The Labute approximate surface area is 93.9 Å². The van der Waals surface area contributed by atoms with Crippen molar-refractivity contribution in [1.82, 2.24) is 4.98 Å². The summed E-state index contributed by atoms with van der Waals surface area (Å²) in [6.07, 6.45) is 1.51. The van der Waals surface area contributed by atoms with Crippen molar-refractivity contribution >= 4 is 5.69 Å². The monoisotopic (exact) mass is 214 g/mol. The normalized spacial score (nSPS) is 10.4. The quantitative estimate of drug-likeness (QED) is 0.764.